The minimum atomic E-state index is 0.472. The second-order valence-corrected chi connectivity index (χ2v) is 4.16. The number of hydrogen-bond acceptors (Lipinski definition) is 2. The summed E-state index contributed by atoms with van der Waals surface area (Å²) >= 11 is 0. The molecule has 0 aromatic heterocycles. The third-order valence-electron chi connectivity index (χ3n) is 2.59. The first-order valence-corrected chi connectivity index (χ1v) is 5.94. The van der Waals surface area contributed by atoms with E-state index in [1.807, 2.05) is 18.2 Å². The Balaban J connectivity index is 2.43. The van der Waals surface area contributed by atoms with Crippen LogP contribution in [-0.4, -0.2) is 37.5 Å². The van der Waals surface area contributed by atoms with Gasteiger partial charge in [-0.2, -0.15) is 0 Å². The van der Waals surface area contributed by atoms with Crippen molar-refractivity contribution in [3.05, 3.63) is 29.8 Å². The predicted octanol–water partition coefficient (Wildman–Crippen LogP) is 1.67. The molecule has 1 aromatic carbocycles. The first-order chi connectivity index (χ1) is 8.11. The number of nitrogens with one attached hydrogen (secondary N) is 1. The average molecular weight is 234 g/mol. The molecule has 0 amide bonds. The molecule has 3 N–H and O–H groups in total. The summed E-state index contributed by atoms with van der Waals surface area (Å²) in [4.78, 5) is 6.48. The minimum Gasteiger partial charge on any atom is -0.370 e. The maximum absolute atomic E-state index is 5.80. The van der Waals surface area contributed by atoms with Gasteiger partial charge in [-0.1, -0.05) is 19.1 Å². The largest absolute Gasteiger partial charge is 0.370 e. The molecule has 0 saturated carbocycles. The number of nitrogens with zero attached hydrogens (tertiary/aromatic N) is 2. The number of aryl methyl sites for hydroxylation is 1. The van der Waals surface area contributed by atoms with Crippen LogP contribution in [0.3, 0.4) is 0 Å². The first-order valence-electron chi connectivity index (χ1n) is 5.94. The van der Waals surface area contributed by atoms with E-state index >= 15 is 0 Å². The molecule has 0 aliphatic carbocycles. The Morgan fingerprint density at radius 1 is 1.47 bits per heavy atom. The molecule has 94 valence electrons. The van der Waals surface area contributed by atoms with Crippen LogP contribution in [0, 0.1) is 6.92 Å². The summed E-state index contributed by atoms with van der Waals surface area (Å²) in [7, 11) is 2.07. The molecular weight excluding hydrogens is 212 g/mol. The molecule has 0 aliphatic rings. The summed E-state index contributed by atoms with van der Waals surface area (Å²) in [5, 5.41) is 3.08. The van der Waals surface area contributed by atoms with Crippen molar-refractivity contribution in [2.24, 2.45) is 10.7 Å². The van der Waals surface area contributed by atoms with Crippen molar-refractivity contribution in [3.8, 4) is 0 Å². The Labute approximate surface area is 104 Å². The molecule has 0 heterocycles. The fourth-order valence-electron chi connectivity index (χ4n) is 1.41. The number of anilines is 1. The maximum atomic E-state index is 5.80. The molecule has 4 nitrogen and oxygen atoms in total. The van der Waals surface area contributed by atoms with Gasteiger partial charge in [-0.15, -0.1) is 0 Å². The second kappa shape index (κ2) is 6.91. The molecule has 0 radical (unpaired) electrons. The van der Waals surface area contributed by atoms with Crippen LogP contribution in [0.4, 0.5) is 5.69 Å². The highest BCUT2D eigenvalue weighted by Crippen LogP contribution is 2.08. The topological polar surface area (TPSA) is 53.6 Å². The lowest BCUT2D eigenvalue weighted by molar-refractivity contribution is 0.363. The smallest absolute Gasteiger partial charge is 0.193 e. The number of rotatable bonds is 5. The Bertz CT molecular complexity index is 373. The van der Waals surface area contributed by atoms with Gasteiger partial charge in [-0.3, -0.25) is 4.99 Å². The monoisotopic (exact) mass is 234 g/mol. The Morgan fingerprint density at radius 3 is 2.88 bits per heavy atom. The number of guanidine groups is 1. The summed E-state index contributed by atoms with van der Waals surface area (Å²) in [5.74, 6) is 0.472. The first kappa shape index (κ1) is 13.5. The van der Waals surface area contributed by atoms with E-state index < -0.39 is 0 Å². The van der Waals surface area contributed by atoms with E-state index in [4.69, 9.17) is 5.73 Å². The van der Waals surface area contributed by atoms with E-state index in [-0.39, 0.29) is 0 Å². The fourth-order valence-corrected chi connectivity index (χ4v) is 1.41. The second-order valence-electron chi connectivity index (χ2n) is 4.16. The lowest BCUT2D eigenvalue weighted by atomic mass is 10.2. The fraction of sp³-hybridized carbons (Fsp3) is 0.462. The van der Waals surface area contributed by atoms with Crippen LogP contribution in [0.5, 0.6) is 0 Å². The van der Waals surface area contributed by atoms with Crippen LogP contribution in [-0.2, 0) is 0 Å². The standard InChI is InChI=1S/C13H22N4/c1-4-17(3)9-8-15-13(14)16-12-7-5-6-11(2)10-12/h5-7,10H,4,8-9H2,1-3H3,(H3,14,15,16). The van der Waals surface area contributed by atoms with Crippen LogP contribution in [0.25, 0.3) is 0 Å². The van der Waals surface area contributed by atoms with Gasteiger partial charge in [0.2, 0.25) is 0 Å². The van der Waals surface area contributed by atoms with Crippen molar-refractivity contribution >= 4 is 11.6 Å². The molecule has 0 saturated heterocycles. The summed E-state index contributed by atoms with van der Waals surface area (Å²) in [6.45, 7) is 6.84. The molecule has 0 spiro atoms. The Kier molecular flexibility index (Phi) is 5.49. The van der Waals surface area contributed by atoms with Crippen molar-refractivity contribution in [1.29, 1.82) is 0 Å². The maximum Gasteiger partial charge on any atom is 0.193 e. The van der Waals surface area contributed by atoms with Crippen LogP contribution in [0.1, 0.15) is 12.5 Å². The van der Waals surface area contributed by atoms with Gasteiger partial charge in [0.05, 0.1) is 6.54 Å². The van der Waals surface area contributed by atoms with Gasteiger partial charge in [-0.25, -0.2) is 0 Å². The molecule has 0 unspecified atom stereocenters. The van der Waals surface area contributed by atoms with Crippen molar-refractivity contribution in [2.45, 2.75) is 13.8 Å². The third-order valence-corrected chi connectivity index (χ3v) is 2.59. The molecular formula is C13H22N4. The number of aliphatic imine (C=N–C) groups is 1. The van der Waals surface area contributed by atoms with Crippen molar-refractivity contribution in [2.75, 3.05) is 32.0 Å². The number of benzene rings is 1. The zero-order valence-electron chi connectivity index (χ0n) is 10.9. The summed E-state index contributed by atoms with van der Waals surface area (Å²) < 4.78 is 0. The molecule has 4 heteroatoms. The molecule has 1 aromatic rings. The van der Waals surface area contributed by atoms with Gasteiger partial charge in [0.25, 0.3) is 0 Å². The van der Waals surface area contributed by atoms with Crippen LogP contribution >= 0.6 is 0 Å². The van der Waals surface area contributed by atoms with Crippen LogP contribution in [0.2, 0.25) is 0 Å². The van der Waals surface area contributed by atoms with Gasteiger partial charge >= 0.3 is 0 Å². The molecule has 0 atom stereocenters. The van der Waals surface area contributed by atoms with Crippen molar-refractivity contribution in [3.63, 3.8) is 0 Å². The average Bonchev–Trinajstić information content (AvgIpc) is 2.28. The molecule has 1 rings (SSSR count). The van der Waals surface area contributed by atoms with E-state index in [2.05, 4.69) is 42.2 Å². The van der Waals surface area contributed by atoms with Gasteiger partial charge in [-0.05, 0) is 38.2 Å². The SMILES string of the molecule is CCN(C)CCN=C(N)Nc1cccc(C)c1. The summed E-state index contributed by atoms with van der Waals surface area (Å²) in [6, 6.07) is 8.07. The third kappa shape index (κ3) is 5.36. The van der Waals surface area contributed by atoms with E-state index in [1.54, 1.807) is 0 Å². The summed E-state index contributed by atoms with van der Waals surface area (Å²) in [6.07, 6.45) is 0. The molecule has 0 fully saturated rings. The zero-order valence-corrected chi connectivity index (χ0v) is 10.9. The van der Waals surface area contributed by atoms with Gasteiger partial charge in [0.1, 0.15) is 0 Å². The number of hydrogen-bond donors (Lipinski definition) is 2. The summed E-state index contributed by atoms with van der Waals surface area (Å²) in [5.41, 5.74) is 7.99. The minimum absolute atomic E-state index is 0.472. The molecule has 0 bridgehead atoms. The lowest BCUT2D eigenvalue weighted by Gasteiger charge is -2.12. The number of likely N-dealkylation sites (N-methyl/N-ethyl adjacent to an activating group) is 1. The van der Waals surface area contributed by atoms with E-state index in [1.165, 1.54) is 5.56 Å². The molecule has 17 heavy (non-hydrogen) atoms. The normalized spacial score (nSPS) is 11.9. The van der Waals surface area contributed by atoms with E-state index in [9.17, 15) is 0 Å². The van der Waals surface area contributed by atoms with Gasteiger partial charge < -0.3 is 16.0 Å². The van der Waals surface area contributed by atoms with E-state index in [0.29, 0.717) is 5.96 Å². The van der Waals surface area contributed by atoms with Gasteiger partial charge in [0, 0.05) is 12.2 Å². The Morgan fingerprint density at radius 2 is 2.24 bits per heavy atom. The van der Waals surface area contributed by atoms with Crippen molar-refractivity contribution < 1.29 is 0 Å². The molecule has 0 aliphatic heterocycles. The highest BCUT2D eigenvalue weighted by molar-refractivity contribution is 5.92. The zero-order chi connectivity index (χ0) is 12.7. The number of nitrogens with two attached hydrogens (primary N) is 1. The predicted molar refractivity (Wildman–Crippen MR) is 74.5 cm³/mol. The van der Waals surface area contributed by atoms with Crippen LogP contribution < -0.4 is 11.1 Å². The lowest BCUT2D eigenvalue weighted by Crippen LogP contribution is -2.26. The highest BCUT2D eigenvalue weighted by atomic mass is 15.1. The van der Waals surface area contributed by atoms with E-state index in [0.717, 1.165) is 25.3 Å². The quantitative estimate of drug-likeness (QED) is 0.602. The van der Waals surface area contributed by atoms with Gasteiger partial charge in [0.15, 0.2) is 5.96 Å². The van der Waals surface area contributed by atoms with Crippen LogP contribution in [0.15, 0.2) is 29.3 Å². The van der Waals surface area contributed by atoms with Crippen molar-refractivity contribution in [1.82, 2.24) is 4.90 Å². The highest BCUT2D eigenvalue weighted by Gasteiger charge is 1.96. The Hall–Kier alpha value is -1.55.